The predicted molar refractivity (Wildman–Crippen MR) is 42.5 cm³/mol. The highest BCUT2D eigenvalue weighted by Gasteiger charge is 2.48. The molecule has 2 heterocycles. The Labute approximate surface area is 80.7 Å². The molecule has 1 N–H and O–H groups in total. The number of rotatable bonds is 2. The summed E-state index contributed by atoms with van der Waals surface area (Å²) in [5, 5.41) is 9.01. The average Bonchev–Trinajstić information content (AvgIpc) is 2.56. The molecule has 4 atom stereocenters. The summed E-state index contributed by atoms with van der Waals surface area (Å²) in [7, 11) is 1.50. The van der Waals surface area contributed by atoms with Crippen molar-refractivity contribution in [1.29, 1.82) is 0 Å². The maximum absolute atomic E-state index is 10.8. The van der Waals surface area contributed by atoms with Crippen LogP contribution in [0.5, 0.6) is 0 Å². The number of methoxy groups -OCH3 is 1. The molecule has 80 valence electrons. The van der Waals surface area contributed by atoms with E-state index in [1.54, 1.807) is 0 Å². The number of aliphatic hydroxyl groups excluding tert-OH is 1. The monoisotopic (exact) mass is 204 g/mol. The molecule has 0 radical (unpaired) electrons. The lowest BCUT2D eigenvalue weighted by Crippen LogP contribution is -2.48. The first-order valence-electron chi connectivity index (χ1n) is 4.41. The van der Waals surface area contributed by atoms with Gasteiger partial charge in [0.05, 0.1) is 6.61 Å². The predicted octanol–water partition coefficient (Wildman–Crippen LogP) is -0.356. The van der Waals surface area contributed by atoms with Crippen LogP contribution in [0.2, 0.25) is 0 Å². The molecule has 0 spiro atoms. The van der Waals surface area contributed by atoms with Crippen molar-refractivity contribution in [1.82, 2.24) is 0 Å². The van der Waals surface area contributed by atoms with E-state index in [-0.39, 0.29) is 12.7 Å². The number of ether oxygens (including phenoxy) is 4. The molecule has 0 bridgehead atoms. The molecule has 0 saturated carbocycles. The van der Waals surface area contributed by atoms with Gasteiger partial charge in [0.2, 0.25) is 0 Å². The van der Waals surface area contributed by atoms with Crippen LogP contribution < -0.4 is 0 Å². The van der Waals surface area contributed by atoms with Gasteiger partial charge in [-0.05, 0) is 0 Å². The lowest BCUT2D eigenvalue weighted by atomic mass is 10.0. The molecule has 0 aliphatic carbocycles. The van der Waals surface area contributed by atoms with Gasteiger partial charge in [0, 0.05) is 13.5 Å². The van der Waals surface area contributed by atoms with E-state index in [0.29, 0.717) is 6.42 Å². The maximum Gasteiger partial charge on any atom is 0.509 e. The zero-order valence-corrected chi connectivity index (χ0v) is 7.71. The van der Waals surface area contributed by atoms with Gasteiger partial charge >= 0.3 is 6.16 Å². The first-order chi connectivity index (χ1) is 6.74. The zero-order valence-electron chi connectivity index (χ0n) is 7.71. The van der Waals surface area contributed by atoms with Gasteiger partial charge in [-0.2, -0.15) is 0 Å². The molecule has 0 unspecified atom stereocenters. The van der Waals surface area contributed by atoms with Crippen molar-refractivity contribution in [2.75, 3.05) is 13.7 Å². The van der Waals surface area contributed by atoms with Crippen LogP contribution in [0.1, 0.15) is 6.42 Å². The number of carbonyl (C=O) groups is 1. The second kappa shape index (κ2) is 3.72. The Kier molecular flexibility index (Phi) is 2.58. The van der Waals surface area contributed by atoms with Crippen LogP contribution in [-0.4, -0.2) is 49.6 Å². The molecule has 2 aliphatic heterocycles. The van der Waals surface area contributed by atoms with Crippen LogP contribution in [-0.2, 0) is 18.9 Å². The van der Waals surface area contributed by atoms with Crippen molar-refractivity contribution in [3.8, 4) is 0 Å². The third kappa shape index (κ3) is 1.56. The Bertz CT molecular complexity index is 230. The van der Waals surface area contributed by atoms with Gasteiger partial charge in [-0.15, -0.1) is 0 Å². The van der Waals surface area contributed by atoms with Gasteiger partial charge in [0.25, 0.3) is 0 Å². The Morgan fingerprint density at radius 2 is 2.36 bits per heavy atom. The number of carbonyl (C=O) groups excluding carboxylic acids is 1. The largest absolute Gasteiger partial charge is 0.509 e. The van der Waals surface area contributed by atoms with Crippen molar-refractivity contribution >= 4 is 6.16 Å². The van der Waals surface area contributed by atoms with E-state index >= 15 is 0 Å². The van der Waals surface area contributed by atoms with E-state index < -0.39 is 24.7 Å². The molecule has 0 aromatic heterocycles. The molecule has 14 heavy (non-hydrogen) atoms. The van der Waals surface area contributed by atoms with Crippen molar-refractivity contribution in [3.63, 3.8) is 0 Å². The fraction of sp³-hybridized carbons (Fsp3) is 0.875. The summed E-state index contributed by atoms with van der Waals surface area (Å²) < 4.78 is 20.1. The summed E-state index contributed by atoms with van der Waals surface area (Å²) >= 11 is 0. The lowest BCUT2D eigenvalue weighted by molar-refractivity contribution is -0.227. The van der Waals surface area contributed by atoms with Crippen molar-refractivity contribution in [3.05, 3.63) is 0 Å². The van der Waals surface area contributed by atoms with Crippen LogP contribution in [0.3, 0.4) is 0 Å². The average molecular weight is 204 g/mol. The van der Waals surface area contributed by atoms with Crippen LogP contribution >= 0.6 is 0 Å². The molecule has 6 heteroatoms. The summed E-state index contributed by atoms with van der Waals surface area (Å²) in [5.74, 6) is 0. The van der Waals surface area contributed by atoms with Crippen LogP contribution in [0.15, 0.2) is 0 Å². The summed E-state index contributed by atoms with van der Waals surface area (Å²) in [5.41, 5.74) is 0. The third-order valence-electron chi connectivity index (χ3n) is 2.41. The normalized spacial score (nSPS) is 41.4. The Hall–Kier alpha value is -0.850. The van der Waals surface area contributed by atoms with E-state index in [2.05, 4.69) is 0 Å². The van der Waals surface area contributed by atoms with Crippen molar-refractivity contribution in [2.45, 2.75) is 31.0 Å². The Morgan fingerprint density at radius 3 is 3.00 bits per heavy atom. The minimum Gasteiger partial charge on any atom is -0.427 e. The topological polar surface area (TPSA) is 74.2 Å². The summed E-state index contributed by atoms with van der Waals surface area (Å²) in [6.45, 7) is -0.225. The van der Waals surface area contributed by atoms with E-state index in [4.69, 9.17) is 24.1 Å². The fourth-order valence-corrected chi connectivity index (χ4v) is 1.72. The molecule has 2 aliphatic rings. The van der Waals surface area contributed by atoms with Gasteiger partial charge in [-0.1, -0.05) is 0 Å². The molecule has 0 aromatic carbocycles. The lowest BCUT2D eigenvalue weighted by Gasteiger charge is -2.33. The van der Waals surface area contributed by atoms with E-state index in [1.807, 2.05) is 0 Å². The molecule has 2 fully saturated rings. The van der Waals surface area contributed by atoms with Crippen molar-refractivity contribution in [2.24, 2.45) is 0 Å². The van der Waals surface area contributed by atoms with E-state index in [9.17, 15) is 4.79 Å². The summed E-state index contributed by atoms with van der Waals surface area (Å²) in [4.78, 5) is 10.8. The second-order valence-electron chi connectivity index (χ2n) is 3.25. The van der Waals surface area contributed by atoms with Gasteiger partial charge < -0.3 is 24.1 Å². The van der Waals surface area contributed by atoms with E-state index in [1.165, 1.54) is 7.11 Å². The van der Waals surface area contributed by atoms with Gasteiger partial charge in [0.15, 0.2) is 12.4 Å². The zero-order chi connectivity index (χ0) is 10.1. The molecule has 2 rings (SSSR count). The highest BCUT2D eigenvalue weighted by Crippen LogP contribution is 2.30. The quantitative estimate of drug-likeness (QED) is 0.619. The maximum atomic E-state index is 10.8. The molecule has 0 aromatic rings. The van der Waals surface area contributed by atoms with Crippen molar-refractivity contribution < 1.29 is 28.8 Å². The molecular formula is C8H12O6. The molecule has 0 amide bonds. The van der Waals surface area contributed by atoms with E-state index in [0.717, 1.165) is 0 Å². The summed E-state index contributed by atoms with van der Waals surface area (Å²) in [6, 6.07) is 0. The summed E-state index contributed by atoms with van der Waals surface area (Å²) in [6.07, 6.45) is -2.19. The highest BCUT2D eigenvalue weighted by molar-refractivity contribution is 5.62. The smallest absolute Gasteiger partial charge is 0.427 e. The minimum absolute atomic E-state index is 0.225. The van der Waals surface area contributed by atoms with Crippen LogP contribution in [0.4, 0.5) is 4.79 Å². The first kappa shape index (κ1) is 9.70. The highest BCUT2D eigenvalue weighted by atomic mass is 16.8. The third-order valence-corrected chi connectivity index (χ3v) is 2.41. The standard InChI is InChI=1S/C8H12O6/c1-11-6-2-4-7(5(3-9)12-6)14-8(10)13-4/h4-7,9H,2-3H2,1H3/t4-,5-,6-,7-/m1/s1. The molecular weight excluding hydrogens is 192 g/mol. The minimum atomic E-state index is -0.709. The Balaban J connectivity index is 2.07. The Morgan fingerprint density at radius 1 is 1.57 bits per heavy atom. The molecule has 6 nitrogen and oxygen atoms in total. The van der Waals surface area contributed by atoms with Gasteiger partial charge in [-0.25, -0.2) is 4.79 Å². The number of hydrogen-bond donors (Lipinski definition) is 1. The number of aliphatic hydroxyl groups is 1. The second-order valence-corrected chi connectivity index (χ2v) is 3.25. The fourth-order valence-electron chi connectivity index (χ4n) is 1.72. The SMILES string of the molecule is CO[C@H]1C[C@H]2OC(=O)O[C@H]2[C@@H](CO)O1. The van der Waals surface area contributed by atoms with Crippen LogP contribution in [0.25, 0.3) is 0 Å². The van der Waals surface area contributed by atoms with Gasteiger partial charge in [-0.3, -0.25) is 0 Å². The number of fused-ring (bicyclic) bond motifs is 1. The first-order valence-corrected chi connectivity index (χ1v) is 4.41. The molecule has 2 saturated heterocycles. The van der Waals surface area contributed by atoms with Crippen LogP contribution in [0, 0.1) is 0 Å². The van der Waals surface area contributed by atoms with Gasteiger partial charge in [0.1, 0.15) is 12.2 Å². The number of hydrogen-bond acceptors (Lipinski definition) is 6.